The molecule has 2 aromatic heterocycles. The van der Waals surface area contributed by atoms with Gasteiger partial charge in [-0.1, -0.05) is 18.2 Å². The Morgan fingerprint density at radius 1 is 1.19 bits per heavy atom. The standard InChI is InChI=1S/C12H9N3O/c1-7-11-9(6-13-15-7)8-4-2-3-5-10(8)14-12(11)16/h2-6H,1H3,(H,14,16). The lowest BCUT2D eigenvalue weighted by molar-refractivity contribution is 0.999. The molecule has 1 N–H and O–H groups in total. The normalized spacial score (nSPS) is 11.1. The van der Waals surface area contributed by atoms with Crippen LogP contribution in [0.2, 0.25) is 0 Å². The highest BCUT2D eigenvalue weighted by atomic mass is 16.1. The second-order valence-corrected chi connectivity index (χ2v) is 3.72. The van der Waals surface area contributed by atoms with Crippen molar-refractivity contribution in [3.05, 3.63) is 46.5 Å². The minimum atomic E-state index is -0.110. The van der Waals surface area contributed by atoms with E-state index in [1.54, 1.807) is 13.1 Å². The highest BCUT2D eigenvalue weighted by molar-refractivity contribution is 6.05. The predicted octanol–water partition coefficient (Wildman–Crippen LogP) is 1.78. The van der Waals surface area contributed by atoms with Crippen LogP contribution >= 0.6 is 0 Å². The summed E-state index contributed by atoms with van der Waals surface area (Å²) in [5.74, 6) is 0. The molecule has 4 heteroatoms. The van der Waals surface area contributed by atoms with Gasteiger partial charge in [0.05, 0.1) is 17.3 Å². The summed E-state index contributed by atoms with van der Waals surface area (Å²) in [4.78, 5) is 14.7. The number of nitrogens with zero attached hydrogens (tertiary/aromatic N) is 2. The Labute approximate surface area is 90.9 Å². The molecule has 0 saturated heterocycles. The van der Waals surface area contributed by atoms with Crippen LogP contribution in [-0.4, -0.2) is 15.2 Å². The van der Waals surface area contributed by atoms with Crippen LogP contribution in [0.1, 0.15) is 5.69 Å². The Bertz CT molecular complexity index is 746. The van der Waals surface area contributed by atoms with E-state index in [2.05, 4.69) is 15.2 Å². The average Bonchev–Trinajstić information content (AvgIpc) is 2.29. The number of nitrogens with one attached hydrogen (secondary N) is 1. The largest absolute Gasteiger partial charge is 0.321 e. The van der Waals surface area contributed by atoms with Gasteiger partial charge in [0.15, 0.2) is 0 Å². The molecule has 0 radical (unpaired) electrons. The van der Waals surface area contributed by atoms with Crippen molar-refractivity contribution in [1.82, 2.24) is 15.2 Å². The molecule has 0 saturated carbocycles. The first-order chi connectivity index (χ1) is 7.77. The van der Waals surface area contributed by atoms with E-state index < -0.39 is 0 Å². The van der Waals surface area contributed by atoms with E-state index in [1.165, 1.54) is 0 Å². The topological polar surface area (TPSA) is 58.6 Å². The van der Waals surface area contributed by atoms with Crippen LogP contribution in [0.4, 0.5) is 0 Å². The molecule has 0 aliphatic heterocycles. The fraction of sp³-hybridized carbons (Fsp3) is 0.0833. The summed E-state index contributed by atoms with van der Waals surface area (Å²) >= 11 is 0. The molecule has 2 heterocycles. The Kier molecular flexibility index (Phi) is 1.77. The van der Waals surface area contributed by atoms with Gasteiger partial charge in [-0.15, -0.1) is 0 Å². The lowest BCUT2D eigenvalue weighted by Crippen LogP contribution is -2.09. The number of hydrogen-bond donors (Lipinski definition) is 1. The van der Waals surface area contributed by atoms with E-state index in [4.69, 9.17) is 0 Å². The van der Waals surface area contributed by atoms with Gasteiger partial charge in [0.1, 0.15) is 0 Å². The monoisotopic (exact) mass is 211 g/mol. The molecular weight excluding hydrogens is 202 g/mol. The van der Waals surface area contributed by atoms with Gasteiger partial charge in [-0.3, -0.25) is 4.79 Å². The number of para-hydroxylation sites is 1. The molecular formula is C12H9N3O. The van der Waals surface area contributed by atoms with Crippen LogP contribution in [0.15, 0.2) is 35.3 Å². The second kappa shape index (κ2) is 3.13. The van der Waals surface area contributed by atoms with E-state index in [1.807, 2.05) is 24.3 Å². The minimum Gasteiger partial charge on any atom is -0.321 e. The number of hydrogen-bond acceptors (Lipinski definition) is 3. The molecule has 0 fully saturated rings. The Morgan fingerprint density at radius 3 is 2.88 bits per heavy atom. The zero-order valence-corrected chi connectivity index (χ0v) is 8.69. The summed E-state index contributed by atoms with van der Waals surface area (Å²) in [6, 6.07) is 7.68. The molecule has 1 aromatic carbocycles. The highest BCUT2D eigenvalue weighted by Crippen LogP contribution is 2.20. The molecule has 78 valence electrons. The number of fused-ring (bicyclic) bond motifs is 3. The maximum absolute atomic E-state index is 11.9. The Balaban J connectivity index is 2.71. The van der Waals surface area contributed by atoms with Crippen molar-refractivity contribution in [3.8, 4) is 0 Å². The van der Waals surface area contributed by atoms with Crippen LogP contribution in [0.5, 0.6) is 0 Å². The molecule has 0 aliphatic carbocycles. The number of pyridine rings is 1. The van der Waals surface area contributed by atoms with Crippen molar-refractivity contribution >= 4 is 21.7 Å². The van der Waals surface area contributed by atoms with Crippen molar-refractivity contribution in [2.45, 2.75) is 6.92 Å². The first-order valence-corrected chi connectivity index (χ1v) is 5.00. The molecule has 3 rings (SSSR count). The van der Waals surface area contributed by atoms with Gasteiger partial charge in [0.2, 0.25) is 0 Å². The van der Waals surface area contributed by atoms with Gasteiger partial charge >= 0.3 is 0 Å². The van der Waals surface area contributed by atoms with Gasteiger partial charge < -0.3 is 4.98 Å². The quantitative estimate of drug-likeness (QED) is 0.576. The van der Waals surface area contributed by atoms with Crippen LogP contribution in [0.3, 0.4) is 0 Å². The van der Waals surface area contributed by atoms with Gasteiger partial charge in [-0.05, 0) is 13.0 Å². The maximum atomic E-state index is 11.9. The zero-order valence-electron chi connectivity index (χ0n) is 8.69. The van der Waals surface area contributed by atoms with E-state index >= 15 is 0 Å². The smallest absolute Gasteiger partial charge is 0.258 e. The molecule has 0 aliphatic rings. The molecule has 0 unspecified atom stereocenters. The molecule has 0 spiro atoms. The van der Waals surface area contributed by atoms with Crippen molar-refractivity contribution in [1.29, 1.82) is 0 Å². The minimum absolute atomic E-state index is 0.110. The summed E-state index contributed by atoms with van der Waals surface area (Å²) in [5, 5.41) is 10.3. The summed E-state index contributed by atoms with van der Waals surface area (Å²) in [7, 11) is 0. The van der Waals surface area contributed by atoms with Gasteiger partial charge in [0.25, 0.3) is 5.56 Å². The van der Waals surface area contributed by atoms with E-state index in [-0.39, 0.29) is 5.56 Å². The highest BCUT2D eigenvalue weighted by Gasteiger charge is 2.07. The van der Waals surface area contributed by atoms with Crippen molar-refractivity contribution in [2.24, 2.45) is 0 Å². The number of rotatable bonds is 0. The van der Waals surface area contributed by atoms with Crippen LogP contribution in [-0.2, 0) is 0 Å². The van der Waals surface area contributed by atoms with E-state index in [0.717, 1.165) is 16.3 Å². The molecule has 3 aromatic rings. The lowest BCUT2D eigenvalue weighted by Gasteiger charge is -2.03. The fourth-order valence-corrected chi connectivity index (χ4v) is 1.99. The van der Waals surface area contributed by atoms with Crippen LogP contribution in [0.25, 0.3) is 21.7 Å². The third-order valence-electron chi connectivity index (χ3n) is 2.72. The SMILES string of the molecule is Cc1nncc2c1c(=O)[nH]c1ccccc12. The van der Waals surface area contributed by atoms with E-state index in [9.17, 15) is 4.79 Å². The summed E-state index contributed by atoms with van der Waals surface area (Å²) in [6.45, 7) is 1.79. The van der Waals surface area contributed by atoms with E-state index in [0.29, 0.717) is 11.1 Å². The zero-order chi connectivity index (χ0) is 11.1. The third-order valence-corrected chi connectivity index (χ3v) is 2.72. The summed E-state index contributed by atoms with van der Waals surface area (Å²) in [5.41, 5.74) is 1.37. The number of aromatic nitrogens is 3. The molecule has 0 atom stereocenters. The molecule has 0 bridgehead atoms. The average molecular weight is 211 g/mol. The number of H-pyrrole nitrogens is 1. The Morgan fingerprint density at radius 2 is 2.00 bits per heavy atom. The van der Waals surface area contributed by atoms with Gasteiger partial charge in [0, 0.05) is 16.3 Å². The molecule has 0 amide bonds. The Hall–Kier alpha value is -2.23. The first-order valence-electron chi connectivity index (χ1n) is 5.00. The van der Waals surface area contributed by atoms with Crippen LogP contribution < -0.4 is 5.56 Å². The summed E-state index contributed by atoms with van der Waals surface area (Å²) in [6.07, 6.45) is 1.64. The fourth-order valence-electron chi connectivity index (χ4n) is 1.99. The first kappa shape index (κ1) is 9.03. The van der Waals surface area contributed by atoms with Gasteiger partial charge in [-0.25, -0.2) is 0 Å². The molecule has 16 heavy (non-hydrogen) atoms. The second-order valence-electron chi connectivity index (χ2n) is 3.72. The lowest BCUT2D eigenvalue weighted by atomic mass is 10.1. The number of benzene rings is 1. The number of aromatic amines is 1. The van der Waals surface area contributed by atoms with Crippen molar-refractivity contribution in [2.75, 3.05) is 0 Å². The predicted molar refractivity (Wildman–Crippen MR) is 62.4 cm³/mol. The van der Waals surface area contributed by atoms with Crippen molar-refractivity contribution < 1.29 is 0 Å². The van der Waals surface area contributed by atoms with Crippen molar-refractivity contribution in [3.63, 3.8) is 0 Å². The van der Waals surface area contributed by atoms with Gasteiger partial charge in [-0.2, -0.15) is 10.2 Å². The summed E-state index contributed by atoms with van der Waals surface area (Å²) < 4.78 is 0. The molecule has 4 nitrogen and oxygen atoms in total. The van der Waals surface area contributed by atoms with Crippen LogP contribution in [0, 0.1) is 6.92 Å². The maximum Gasteiger partial charge on any atom is 0.258 e. The third kappa shape index (κ3) is 1.13. The number of aryl methyl sites for hydroxylation is 1.